The van der Waals surface area contributed by atoms with Gasteiger partial charge in [0.25, 0.3) is 5.91 Å². The fourth-order valence-electron chi connectivity index (χ4n) is 4.07. The smallest absolute Gasteiger partial charge is 0.253 e. The predicted molar refractivity (Wildman–Crippen MR) is 120 cm³/mol. The van der Waals surface area contributed by atoms with Crippen LogP contribution in [0.5, 0.6) is 5.75 Å². The minimum atomic E-state index is -0.974. The molecule has 8 heteroatoms. The molecule has 1 aromatic carbocycles. The summed E-state index contributed by atoms with van der Waals surface area (Å²) in [4.78, 5) is 20.9. The van der Waals surface area contributed by atoms with Gasteiger partial charge in [0, 0.05) is 38.1 Å². The highest BCUT2D eigenvalue weighted by Gasteiger charge is 2.38. The molecule has 0 saturated carbocycles. The number of carbonyl (C=O) groups excluding carboxylic acids is 1. The third-order valence-electron chi connectivity index (χ3n) is 5.66. The lowest BCUT2D eigenvalue weighted by atomic mass is 10.0. The normalized spacial score (nSPS) is 18.5. The zero-order valence-corrected chi connectivity index (χ0v) is 17.8. The number of nitrogens with zero attached hydrogens (tertiary/aromatic N) is 4. The lowest BCUT2D eigenvalue weighted by molar-refractivity contribution is 0.0264. The second-order valence-electron chi connectivity index (χ2n) is 8.11. The van der Waals surface area contributed by atoms with E-state index in [1.807, 2.05) is 28.8 Å². The van der Waals surface area contributed by atoms with Crippen LogP contribution < -0.4 is 15.4 Å². The summed E-state index contributed by atoms with van der Waals surface area (Å²) in [5.74, 6) is 1.58. The van der Waals surface area contributed by atoms with E-state index in [1.54, 1.807) is 42.4 Å². The van der Waals surface area contributed by atoms with E-state index in [9.17, 15) is 9.90 Å². The SMILES string of the molecule is CN(CC1(O)CCN(c2cccc3nccn23)C1)C(=O)c1ccc(OCCCN)cc1. The number of ether oxygens (including phenoxy) is 1. The molecule has 1 aliphatic rings. The van der Waals surface area contributed by atoms with Crippen molar-refractivity contribution in [3.8, 4) is 5.75 Å². The van der Waals surface area contributed by atoms with Gasteiger partial charge in [-0.15, -0.1) is 0 Å². The van der Waals surface area contributed by atoms with E-state index in [1.165, 1.54) is 0 Å². The topological polar surface area (TPSA) is 96.3 Å². The quantitative estimate of drug-likeness (QED) is 0.536. The van der Waals surface area contributed by atoms with Gasteiger partial charge < -0.3 is 25.4 Å². The molecule has 0 spiro atoms. The number of imidazole rings is 1. The molecule has 0 aliphatic carbocycles. The highest BCUT2D eigenvalue weighted by atomic mass is 16.5. The number of pyridine rings is 1. The molecule has 1 amide bonds. The first-order valence-electron chi connectivity index (χ1n) is 10.6. The summed E-state index contributed by atoms with van der Waals surface area (Å²) in [5.41, 5.74) is 5.93. The second-order valence-corrected chi connectivity index (χ2v) is 8.11. The van der Waals surface area contributed by atoms with Crippen LogP contribution in [0.1, 0.15) is 23.2 Å². The van der Waals surface area contributed by atoms with E-state index < -0.39 is 5.60 Å². The van der Waals surface area contributed by atoms with Crippen LogP contribution in [0.3, 0.4) is 0 Å². The van der Waals surface area contributed by atoms with E-state index in [2.05, 4.69) is 9.88 Å². The highest BCUT2D eigenvalue weighted by molar-refractivity contribution is 5.94. The summed E-state index contributed by atoms with van der Waals surface area (Å²) in [7, 11) is 1.73. The molecule has 1 atom stereocenters. The fourth-order valence-corrected chi connectivity index (χ4v) is 4.07. The van der Waals surface area contributed by atoms with Crippen LogP contribution in [0.2, 0.25) is 0 Å². The van der Waals surface area contributed by atoms with Gasteiger partial charge in [0.05, 0.1) is 13.2 Å². The number of aliphatic hydroxyl groups is 1. The lowest BCUT2D eigenvalue weighted by Gasteiger charge is -2.29. The molecule has 1 saturated heterocycles. The molecule has 31 heavy (non-hydrogen) atoms. The Labute approximate surface area is 181 Å². The maximum absolute atomic E-state index is 12.9. The van der Waals surface area contributed by atoms with Crippen molar-refractivity contribution in [2.75, 3.05) is 44.7 Å². The number of anilines is 1. The molecule has 1 fully saturated rings. The molecule has 3 heterocycles. The number of hydrogen-bond acceptors (Lipinski definition) is 6. The van der Waals surface area contributed by atoms with Crippen molar-refractivity contribution in [3.63, 3.8) is 0 Å². The minimum Gasteiger partial charge on any atom is -0.494 e. The molecular weight excluding hydrogens is 394 g/mol. The number of hydrogen-bond donors (Lipinski definition) is 2. The van der Waals surface area contributed by atoms with E-state index >= 15 is 0 Å². The maximum atomic E-state index is 12.9. The van der Waals surface area contributed by atoms with Crippen molar-refractivity contribution in [1.82, 2.24) is 14.3 Å². The first kappa shape index (κ1) is 21.1. The molecule has 0 radical (unpaired) electrons. The molecule has 3 aromatic rings. The standard InChI is InChI=1S/C23H29N5O3/c1-26(22(29)18-6-8-19(9-7-18)31-15-3-11-24)16-23(30)10-13-27(17-23)21-5-2-4-20-25-12-14-28(20)21/h2,4-9,12,14,30H,3,10-11,13,15-17,24H2,1H3. The van der Waals surface area contributed by atoms with Crippen LogP contribution in [0.15, 0.2) is 54.9 Å². The predicted octanol–water partition coefficient (Wildman–Crippen LogP) is 1.78. The largest absolute Gasteiger partial charge is 0.494 e. The first-order valence-corrected chi connectivity index (χ1v) is 10.6. The Morgan fingerprint density at radius 2 is 2.10 bits per heavy atom. The number of aromatic nitrogens is 2. The number of amides is 1. The average Bonchev–Trinajstić information content (AvgIpc) is 3.40. The van der Waals surface area contributed by atoms with Crippen molar-refractivity contribution >= 4 is 17.4 Å². The Morgan fingerprint density at radius 3 is 2.87 bits per heavy atom. The molecule has 1 unspecified atom stereocenters. The van der Waals surface area contributed by atoms with Crippen LogP contribution in [0.25, 0.3) is 5.65 Å². The summed E-state index contributed by atoms with van der Waals surface area (Å²) >= 11 is 0. The zero-order chi connectivity index (χ0) is 21.8. The van der Waals surface area contributed by atoms with E-state index in [0.717, 1.165) is 17.9 Å². The summed E-state index contributed by atoms with van der Waals surface area (Å²) in [6.45, 7) is 2.57. The van der Waals surface area contributed by atoms with Gasteiger partial charge in [0.1, 0.15) is 22.8 Å². The maximum Gasteiger partial charge on any atom is 0.253 e. The van der Waals surface area contributed by atoms with Crippen molar-refractivity contribution in [2.24, 2.45) is 5.73 Å². The highest BCUT2D eigenvalue weighted by Crippen LogP contribution is 2.28. The molecule has 164 valence electrons. The van der Waals surface area contributed by atoms with Gasteiger partial charge in [0.2, 0.25) is 0 Å². The van der Waals surface area contributed by atoms with Crippen molar-refractivity contribution in [3.05, 3.63) is 60.4 Å². The number of rotatable bonds is 8. The Balaban J connectivity index is 1.38. The van der Waals surface area contributed by atoms with Crippen LogP contribution in [-0.2, 0) is 0 Å². The first-order chi connectivity index (χ1) is 15.0. The van der Waals surface area contributed by atoms with Crippen molar-refractivity contribution < 1.29 is 14.6 Å². The molecule has 4 rings (SSSR count). The monoisotopic (exact) mass is 423 g/mol. The summed E-state index contributed by atoms with van der Waals surface area (Å²) in [6.07, 6.45) is 5.06. The van der Waals surface area contributed by atoms with E-state index in [0.29, 0.717) is 44.0 Å². The van der Waals surface area contributed by atoms with Crippen LogP contribution in [-0.4, -0.2) is 70.7 Å². The Bertz CT molecular complexity index is 1040. The molecule has 8 nitrogen and oxygen atoms in total. The number of benzene rings is 1. The van der Waals surface area contributed by atoms with Crippen molar-refractivity contribution in [1.29, 1.82) is 0 Å². The third kappa shape index (κ3) is 4.65. The van der Waals surface area contributed by atoms with E-state index in [-0.39, 0.29) is 12.5 Å². The average molecular weight is 424 g/mol. The van der Waals surface area contributed by atoms with Crippen LogP contribution in [0.4, 0.5) is 5.82 Å². The van der Waals surface area contributed by atoms with Gasteiger partial charge in [-0.05, 0) is 55.8 Å². The number of nitrogens with two attached hydrogens (primary N) is 1. The molecule has 0 bridgehead atoms. The van der Waals surface area contributed by atoms with Gasteiger partial charge in [-0.2, -0.15) is 0 Å². The summed E-state index contributed by atoms with van der Waals surface area (Å²) in [6, 6.07) is 13.0. The number of likely N-dealkylation sites (N-methyl/N-ethyl adjacent to an activating group) is 1. The number of β-amino-alcohol motifs (C(OH)–C–C–N with tert-alkyl or cyclic N) is 1. The summed E-state index contributed by atoms with van der Waals surface area (Å²) in [5, 5.41) is 11.2. The molecule has 2 aromatic heterocycles. The number of carbonyl (C=O) groups is 1. The lowest BCUT2D eigenvalue weighted by Crippen LogP contribution is -2.46. The Hall–Kier alpha value is -3.10. The van der Waals surface area contributed by atoms with E-state index in [4.69, 9.17) is 10.5 Å². The van der Waals surface area contributed by atoms with Gasteiger partial charge in [-0.1, -0.05) is 6.07 Å². The van der Waals surface area contributed by atoms with Crippen LogP contribution >= 0.6 is 0 Å². The second kappa shape index (κ2) is 8.95. The minimum absolute atomic E-state index is 0.128. The van der Waals surface area contributed by atoms with Gasteiger partial charge >= 0.3 is 0 Å². The molecule has 1 aliphatic heterocycles. The van der Waals surface area contributed by atoms with Gasteiger partial charge in [0.15, 0.2) is 0 Å². The van der Waals surface area contributed by atoms with Gasteiger partial charge in [-0.25, -0.2) is 4.98 Å². The Kier molecular flexibility index (Phi) is 6.11. The molecular formula is C23H29N5O3. The number of fused-ring (bicyclic) bond motifs is 1. The van der Waals surface area contributed by atoms with Crippen LogP contribution in [0, 0.1) is 0 Å². The van der Waals surface area contributed by atoms with Gasteiger partial charge in [-0.3, -0.25) is 9.20 Å². The third-order valence-corrected chi connectivity index (χ3v) is 5.66. The summed E-state index contributed by atoms with van der Waals surface area (Å²) < 4.78 is 7.60. The molecule has 3 N–H and O–H groups in total. The zero-order valence-electron chi connectivity index (χ0n) is 17.8. The fraction of sp³-hybridized carbons (Fsp3) is 0.391. The van der Waals surface area contributed by atoms with Crippen molar-refractivity contribution in [2.45, 2.75) is 18.4 Å². The Morgan fingerprint density at radius 1 is 1.29 bits per heavy atom.